The van der Waals surface area contributed by atoms with Crippen molar-refractivity contribution in [1.82, 2.24) is 14.7 Å². The minimum atomic E-state index is -0.226. The van der Waals surface area contributed by atoms with Crippen molar-refractivity contribution < 1.29 is 14.3 Å². The van der Waals surface area contributed by atoms with E-state index in [-0.39, 0.29) is 17.8 Å². The van der Waals surface area contributed by atoms with E-state index in [1.165, 1.54) is 6.07 Å². The van der Waals surface area contributed by atoms with Crippen LogP contribution in [0.2, 0.25) is 0 Å². The molecule has 3 rings (SSSR count). The van der Waals surface area contributed by atoms with Gasteiger partial charge in [0.25, 0.3) is 0 Å². The van der Waals surface area contributed by atoms with Crippen molar-refractivity contribution >= 4 is 5.91 Å². The van der Waals surface area contributed by atoms with Crippen LogP contribution >= 0.6 is 0 Å². The van der Waals surface area contributed by atoms with E-state index in [0.717, 1.165) is 51.9 Å². The minimum absolute atomic E-state index is 0.112. The fraction of sp³-hybridized carbons (Fsp3) is 0.650. The van der Waals surface area contributed by atoms with Crippen LogP contribution in [0, 0.1) is 5.82 Å². The summed E-state index contributed by atoms with van der Waals surface area (Å²) in [5.74, 6) is -0.114. The molecule has 26 heavy (non-hydrogen) atoms. The molecular weight excluding hydrogens is 333 g/mol. The molecule has 0 unspecified atom stereocenters. The molecular formula is C20H30FN3O2. The number of carbonyl (C=O) groups excluding carboxylic acids is 1. The van der Waals surface area contributed by atoms with Gasteiger partial charge in [0.1, 0.15) is 5.82 Å². The molecule has 6 heteroatoms. The number of rotatable bonds is 5. The van der Waals surface area contributed by atoms with Gasteiger partial charge in [0, 0.05) is 37.8 Å². The predicted octanol–water partition coefficient (Wildman–Crippen LogP) is 1.71. The van der Waals surface area contributed by atoms with Gasteiger partial charge in [-0.3, -0.25) is 14.6 Å². The number of β-amino-alcohol motifs (C(OH)–C–C–N with tert-alkyl or cyclic N) is 1. The lowest BCUT2D eigenvalue weighted by Gasteiger charge is -2.41. The van der Waals surface area contributed by atoms with Gasteiger partial charge in [0.2, 0.25) is 5.91 Å². The van der Waals surface area contributed by atoms with E-state index >= 15 is 0 Å². The molecule has 0 bridgehead atoms. The molecule has 1 amide bonds. The second kappa shape index (κ2) is 8.93. The maximum Gasteiger partial charge on any atom is 0.236 e. The highest BCUT2D eigenvalue weighted by atomic mass is 19.1. The van der Waals surface area contributed by atoms with Crippen molar-refractivity contribution in [3.05, 3.63) is 35.6 Å². The first-order valence-electron chi connectivity index (χ1n) is 9.65. The van der Waals surface area contributed by atoms with Gasteiger partial charge in [-0.25, -0.2) is 4.39 Å². The number of aliphatic hydroxyl groups is 1. The Labute approximate surface area is 155 Å². The summed E-state index contributed by atoms with van der Waals surface area (Å²) < 4.78 is 13.7. The van der Waals surface area contributed by atoms with Crippen LogP contribution in [0.25, 0.3) is 0 Å². The summed E-state index contributed by atoms with van der Waals surface area (Å²) in [6.45, 7) is 4.10. The number of carbonyl (C=O) groups is 1. The maximum atomic E-state index is 13.7. The average molecular weight is 363 g/mol. The number of amides is 1. The van der Waals surface area contributed by atoms with Crippen molar-refractivity contribution in [2.75, 3.05) is 39.8 Å². The van der Waals surface area contributed by atoms with Crippen molar-refractivity contribution in [3.8, 4) is 0 Å². The Bertz CT molecular complexity index is 604. The topological polar surface area (TPSA) is 47.0 Å². The molecule has 0 aromatic heterocycles. The summed E-state index contributed by atoms with van der Waals surface area (Å²) in [5, 5.41) is 9.85. The van der Waals surface area contributed by atoms with Gasteiger partial charge in [-0.15, -0.1) is 0 Å². The smallest absolute Gasteiger partial charge is 0.236 e. The zero-order valence-corrected chi connectivity index (χ0v) is 15.6. The normalized spacial score (nSPS) is 22.8. The predicted molar refractivity (Wildman–Crippen MR) is 99.1 cm³/mol. The molecule has 144 valence electrons. The third-order valence-corrected chi connectivity index (χ3v) is 5.56. The third-order valence-electron chi connectivity index (χ3n) is 5.56. The summed E-state index contributed by atoms with van der Waals surface area (Å²) in [4.78, 5) is 18.7. The van der Waals surface area contributed by atoms with E-state index in [1.54, 1.807) is 12.1 Å². The summed E-state index contributed by atoms with van der Waals surface area (Å²) in [6, 6.07) is 7.18. The Morgan fingerprint density at radius 1 is 1.23 bits per heavy atom. The summed E-state index contributed by atoms with van der Waals surface area (Å²) in [6.07, 6.45) is 3.70. The second-order valence-electron chi connectivity index (χ2n) is 7.67. The van der Waals surface area contributed by atoms with Crippen LogP contribution < -0.4 is 0 Å². The molecule has 2 aliphatic rings. The number of halogens is 1. The van der Waals surface area contributed by atoms with Crippen LogP contribution in [-0.2, 0) is 11.3 Å². The summed E-state index contributed by atoms with van der Waals surface area (Å²) in [5.41, 5.74) is 0.616. The Morgan fingerprint density at radius 2 is 1.96 bits per heavy atom. The van der Waals surface area contributed by atoms with E-state index in [0.29, 0.717) is 24.7 Å². The summed E-state index contributed by atoms with van der Waals surface area (Å²) in [7, 11) is 1.85. The zero-order chi connectivity index (χ0) is 18.5. The van der Waals surface area contributed by atoms with Crippen LogP contribution in [0.4, 0.5) is 4.39 Å². The number of piperidine rings is 2. The van der Waals surface area contributed by atoms with E-state index < -0.39 is 0 Å². The van der Waals surface area contributed by atoms with Gasteiger partial charge >= 0.3 is 0 Å². The number of aliphatic hydroxyl groups excluding tert-OH is 1. The molecule has 2 saturated heterocycles. The monoisotopic (exact) mass is 363 g/mol. The Hall–Kier alpha value is -1.50. The second-order valence-corrected chi connectivity index (χ2v) is 7.67. The van der Waals surface area contributed by atoms with Crippen molar-refractivity contribution in [3.63, 3.8) is 0 Å². The lowest BCUT2D eigenvalue weighted by Crippen LogP contribution is -2.51. The van der Waals surface area contributed by atoms with Gasteiger partial charge < -0.3 is 10.0 Å². The van der Waals surface area contributed by atoms with Crippen LogP contribution in [0.1, 0.15) is 31.2 Å². The molecule has 2 aliphatic heterocycles. The van der Waals surface area contributed by atoms with Crippen LogP contribution in [0.5, 0.6) is 0 Å². The Balaban J connectivity index is 1.44. The van der Waals surface area contributed by atoms with Crippen molar-refractivity contribution in [1.29, 1.82) is 0 Å². The van der Waals surface area contributed by atoms with E-state index in [1.807, 2.05) is 22.9 Å². The third kappa shape index (κ3) is 5.02. The Morgan fingerprint density at radius 3 is 2.65 bits per heavy atom. The highest BCUT2D eigenvalue weighted by Crippen LogP contribution is 2.21. The van der Waals surface area contributed by atoms with Crippen LogP contribution in [0.3, 0.4) is 0 Å². The number of hydrogen-bond acceptors (Lipinski definition) is 4. The molecule has 1 aromatic rings. The quantitative estimate of drug-likeness (QED) is 0.865. The number of likely N-dealkylation sites (tertiary alicyclic amines) is 2. The molecule has 0 radical (unpaired) electrons. The van der Waals surface area contributed by atoms with E-state index in [2.05, 4.69) is 4.90 Å². The SMILES string of the molecule is CN(CC(=O)N1CCC(N2CCC[C@@H](O)C2)CC1)Cc1ccccc1F. The molecule has 0 aliphatic carbocycles. The van der Waals surface area contributed by atoms with Gasteiger partial charge in [-0.05, 0) is 45.3 Å². The molecule has 0 spiro atoms. The van der Waals surface area contributed by atoms with Crippen LogP contribution in [-0.4, -0.2) is 77.6 Å². The number of nitrogens with zero attached hydrogens (tertiary/aromatic N) is 3. The number of hydrogen-bond donors (Lipinski definition) is 1. The lowest BCUT2D eigenvalue weighted by atomic mass is 9.99. The average Bonchev–Trinajstić information content (AvgIpc) is 2.64. The molecule has 2 fully saturated rings. The van der Waals surface area contributed by atoms with Crippen molar-refractivity contribution in [2.45, 2.75) is 44.4 Å². The van der Waals surface area contributed by atoms with E-state index in [4.69, 9.17) is 0 Å². The zero-order valence-electron chi connectivity index (χ0n) is 15.6. The molecule has 1 aromatic carbocycles. The summed E-state index contributed by atoms with van der Waals surface area (Å²) >= 11 is 0. The lowest BCUT2D eigenvalue weighted by molar-refractivity contribution is -0.134. The van der Waals surface area contributed by atoms with Gasteiger partial charge in [0.05, 0.1) is 12.6 Å². The van der Waals surface area contributed by atoms with Gasteiger partial charge in [0.15, 0.2) is 0 Å². The molecule has 0 saturated carbocycles. The first-order valence-corrected chi connectivity index (χ1v) is 9.65. The van der Waals surface area contributed by atoms with E-state index in [9.17, 15) is 14.3 Å². The fourth-order valence-corrected chi connectivity index (χ4v) is 4.10. The molecule has 2 heterocycles. The first-order chi connectivity index (χ1) is 12.5. The first kappa shape index (κ1) is 19.3. The largest absolute Gasteiger partial charge is 0.392 e. The molecule has 1 atom stereocenters. The molecule has 1 N–H and O–H groups in total. The number of likely N-dealkylation sites (N-methyl/N-ethyl adjacent to an activating group) is 1. The van der Waals surface area contributed by atoms with Gasteiger partial charge in [-0.2, -0.15) is 0 Å². The fourth-order valence-electron chi connectivity index (χ4n) is 4.10. The van der Waals surface area contributed by atoms with Crippen molar-refractivity contribution in [2.24, 2.45) is 0 Å². The maximum absolute atomic E-state index is 13.7. The minimum Gasteiger partial charge on any atom is -0.392 e. The standard InChI is InChI=1S/C20H30FN3O2/c1-22(13-16-5-2-3-7-19(16)21)15-20(26)23-11-8-17(9-12-23)24-10-4-6-18(25)14-24/h2-3,5,7,17-18,25H,4,6,8-15H2,1H3/t18-/m1/s1. The van der Waals surface area contributed by atoms with Gasteiger partial charge in [-0.1, -0.05) is 18.2 Å². The molecule has 5 nitrogen and oxygen atoms in total. The number of benzene rings is 1. The highest BCUT2D eigenvalue weighted by molar-refractivity contribution is 5.78. The van der Waals surface area contributed by atoms with Crippen LogP contribution in [0.15, 0.2) is 24.3 Å². The highest BCUT2D eigenvalue weighted by Gasteiger charge is 2.29. The Kier molecular flexibility index (Phi) is 6.62.